The Hall–Kier alpha value is -3.92. The van der Waals surface area contributed by atoms with E-state index in [4.69, 9.17) is 5.73 Å². The molecule has 0 aliphatic heterocycles. The Morgan fingerprint density at radius 1 is 1.15 bits per heavy atom. The molecule has 0 radical (unpaired) electrons. The number of rotatable bonds is 7. The number of amides is 1. The predicted octanol–water partition coefficient (Wildman–Crippen LogP) is 2.26. The first-order valence-corrected chi connectivity index (χ1v) is 10.4. The lowest BCUT2D eigenvalue weighted by Crippen LogP contribution is -2.31. The fourth-order valence-corrected chi connectivity index (χ4v) is 3.48. The van der Waals surface area contributed by atoms with Gasteiger partial charge in [-0.05, 0) is 44.8 Å². The molecule has 9 nitrogen and oxygen atoms in total. The van der Waals surface area contributed by atoms with E-state index in [1.165, 1.54) is 6.07 Å². The highest BCUT2D eigenvalue weighted by Gasteiger charge is 2.18. The quantitative estimate of drug-likeness (QED) is 0.446. The number of nitrogens with one attached hydrogen (secondary N) is 1. The normalized spacial score (nSPS) is 11.3. The Morgan fingerprint density at radius 3 is 2.61 bits per heavy atom. The summed E-state index contributed by atoms with van der Waals surface area (Å²) in [6.45, 7) is 3.47. The molecule has 1 aromatic carbocycles. The van der Waals surface area contributed by atoms with E-state index in [0.29, 0.717) is 47.0 Å². The molecule has 0 aliphatic rings. The minimum Gasteiger partial charge on any atom is -0.382 e. The molecule has 3 aromatic heterocycles. The number of carbonyl (C=O) groups is 1. The number of hydrogen-bond acceptors (Lipinski definition) is 7. The van der Waals surface area contributed by atoms with Gasteiger partial charge in [-0.15, -0.1) is 0 Å². The number of fused-ring (bicyclic) bond motifs is 1. The smallest absolute Gasteiger partial charge is 0.251 e. The van der Waals surface area contributed by atoms with Crippen LogP contribution in [0.5, 0.6) is 0 Å². The van der Waals surface area contributed by atoms with Crippen molar-refractivity contribution in [1.82, 2.24) is 34.7 Å². The number of aryl methyl sites for hydroxylation is 1. The van der Waals surface area contributed by atoms with Crippen molar-refractivity contribution in [1.29, 1.82) is 0 Å². The molecular weight excluding hydrogens is 423 g/mol. The molecule has 0 atom stereocenters. The van der Waals surface area contributed by atoms with E-state index >= 15 is 0 Å². The molecule has 0 saturated carbocycles. The second-order valence-electron chi connectivity index (χ2n) is 8.00. The summed E-state index contributed by atoms with van der Waals surface area (Å²) in [5.74, 6) is 0.653. The number of nitrogens with two attached hydrogens (primary N) is 1. The van der Waals surface area contributed by atoms with Gasteiger partial charge in [0, 0.05) is 30.4 Å². The second kappa shape index (κ2) is 9.29. The number of anilines is 1. The average molecular weight is 449 g/mol. The lowest BCUT2D eigenvalue weighted by atomic mass is 10.1. The van der Waals surface area contributed by atoms with E-state index in [-0.39, 0.29) is 11.7 Å². The van der Waals surface area contributed by atoms with Crippen LogP contribution in [0, 0.1) is 12.7 Å². The van der Waals surface area contributed by atoms with E-state index in [1.54, 1.807) is 25.3 Å². The molecule has 3 heterocycles. The summed E-state index contributed by atoms with van der Waals surface area (Å²) in [5.41, 5.74) is 9.07. The zero-order valence-corrected chi connectivity index (χ0v) is 18.7. The summed E-state index contributed by atoms with van der Waals surface area (Å²) in [5, 5.41) is 2.90. The SMILES string of the molecule is Cc1nc(N)c2nc(-c3cncc(F)c3)n(Cc3ccc(C(=O)NCCN(C)C)cc3)c2n1. The third kappa shape index (κ3) is 4.96. The minimum atomic E-state index is -0.467. The molecule has 0 spiro atoms. The molecule has 170 valence electrons. The highest BCUT2D eigenvalue weighted by atomic mass is 19.1. The number of imidazole rings is 1. The number of nitrogen functional groups attached to an aromatic ring is 1. The maximum atomic E-state index is 13.9. The third-order valence-electron chi connectivity index (χ3n) is 5.10. The minimum absolute atomic E-state index is 0.126. The third-order valence-corrected chi connectivity index (χ3v) is 5.10. The molecule has 3 N–H and O–H groups in total. The molecule has 33 heavy (non-hydrogen) atoms. The number of halogens is 1. The largest absolute Gasteiger partial charge is 0.382 e. The zero-order chi connectivity index (χ0) is 23.5. The Morgan fingerprint density at radius 2 is 1.91 bits per heavy atom. The van der Waals surface area contributed by atoms with E-state index in [9.17, 15) is 9.18 Å². The molecule has 4 aromatic rings. The van der Waals surface area contributed by atoms with Crippen LogP contribution in [0.2, 0.25) is 0 Å². The molecule has 0 unspecified atom stereocenters. The zero-order valence-electron chi connectivity index (χ0n) is 18.7. The molecule has 0 aliphatic carbocycles. The lowest BCUT2D eigenvalue weighted by molar-refractivity contribution is 0.0951. The van der Waals surface area contributed by atoms with Gasteiger partial charge in [0.15, 0.2) is 17.0 Å². The van der Waals surface area contributed by atoms with Crippen molar-refractivity contribution in [3.8, 4) is 11.4 Å². The van der Waals surface area contributed by atoms with Gasteiger partial charge in [-0.25, -0.2) is 19.3 Å². The van der Waals surface area contributed by atoms with E-state index in [2.05, 4.69) is 25.3 Å². The second-order valence-corrected chi connectivity index (χ2v) is 8.00. The Labute approximate surface area is 190 Å². The maximum Gasteiger partial charge on any atom is 0.251 e. The van der Waals surface area contributed by atoms with Gasteiger partial charge in [0.2, 0.25) is 0 Å². The Kier molecular flexibility index (Phi) is 6.27. The lowest BCUT2D eigenvalue weighted by Gasteiger charge is -2.11. The topological polar surface area (TPSA) is 115 Å². The van der Waals surface area contributed by atoms with E-state index in [0.717, 1.165) is 18.3 Å². The molecule has 10 heteroatoms. The number of likely N-dealkylation sites (N-methyl/N-ethyl adjacent to an activating group) is 1. The first-order valence-electron chi connectivity index (χ1n) is 10.4. The molecular formula is C23H25FN8O. The standard InChI is InChI=1S/C23H25FN8O/c1-14-28-20(25)19-22(29-14)32(21(30-19)17-10-18(24)12-26-11-17)13-15-4-6-16(7-5-15)23(33)27-8-9-31(2)3/h4-7,10-12H,8-9,13H2,1-3H3,(H,27,33)(H2,25,28,29). The van der Waals surface area contributed by atoms with Gasteiger partial charge in [0.25, 0.3) is 5.91 Å². The Bertz CT molecular complexity index is 1300. The summed E-state index contributed by atoms with van der Waals surface area (Å²) in [6.07, 6.45) is 2.68. The van der Waals surface area contributed by atoms with Crippen LogP contribution in [-0.2, 0) is 6.54 Å². The predicted molar refractivity (Wildman–Crippen MR) is 124 cm³/mol. The van der Waals surface area contributed by atoms with Gasteiger partial charge in [-0.1, -0.05) is 12.1 Å². The van der Waals surface area contributed by atoms with Gasteiger partial charge in [0.1, 0.15) is 17.5 Å². The first kappa shape index (κ1) is 22.3. The summed E-state index contributed by atoms with van der Waals surface area (Å²) < 4.78 is 15.7. The molecule has 1 amide bonds. The van der Waals surface area contributed by atoms with Gasteiger partial charge in [-0.2, -0.15) is 0 Å². The first-order chi connectivity index (χ1) is 15.8. The summed E-state index contributed by atoms with van der Waals surface area (Å²) in [4.78, 5) is 31.6. The fourth-order valence-electron chi connectivity index (χ4n) is 3.48. The molecule has 0 saturated heterocycles. The van der Waals surface area contributed by atoms with Crippen LogP contribution in [0.25, 0.3) is 22.6 Å². The molecule has 4 rings (SSSR count). The van der Waals surface area contributed by atoms with Crippen molar-refractivity contribution in [3.05, 3.63) is 65.5 Å². The van der Waals surface area contributed by atoms with Crippen LogP contribution >= 0.6 is 0 Å². The van der Waals surface area contributed by atoms with E-state index < -0.39 is 5.82 Å². The van der Waals surface area contributed by atoms with Crippen molar-refractivity contribution in [2.45, 2.75) is 13.5 Å². The summed E-state index contributed by atoms with van der Waals surface area (Å²) in [6, 6.07) is 8.66. The summed E-state index contributed by atoms with van der Waals surface area (Å²) in [7, 11) is 3.91. The van der Waals surface area contributed by atoms with Crippen LogP contribution in [0.4, 0.5) is 10.2 Å². The Balaban J connectivity index is 1.67. The highest BCUT2D eigenvalue weighted by Crippen LogP contribution is 2.27. The fraction of sp³-hybridized carbons (Fsp3) is 0.261. The van der Waals surface area contributed by atoms with Gasteiger partial charge in [0.05, 0.1) is 12.7 Å². The monoisotopic (exact) mass is 448 g/mol. The van der Waals surface area contributed by atoms with Crippen molar-refractivity contribution >= 4 is 22.9 Å². The number of hydrogen-bond donors (Lipinski definition) is 2. The van der Waals surface area contributed by atoms with Crippen LogP contribution in [-0.4, -0.2) is 62.5 Å². The van der Waals surface area contributed by atoms with Crippen molar-refractivity contribution < 1.29 is 9.18 Å². The van der Waals surface area contributed by atoms with Crippen molar-refractivity contribution in [2.75, 3.05) is 32.9 Å². The van der Waals surface area contributed by atoms with Crippen LogP contribution in [0.15, 0.2) is 42.7 Å². The number of benzene rings is 1. The number of nitrogens with zero attached hydrogens (tertiary/aromatic N) is 6. The van der Waals surface area contributed by atoms with Crippen LogP contribution < -0.4 is 11.1 Å². The number of carbonyl (C=O) groups excluding carboxylic acids is 1. The molecule has 0 fully saturated rings. The van der Waals surface area contributed by atoms with Crippen molar-refractivity contribution in [3.63, 3.8) is 0 Å². The van der Waals surface area contributed by atoms with Gasteiger partial charge < -0.3 is 20.5 Å². The number of aromatic nitrogens is 5. The average Bonchev–Trinajstić information content (AvgIpc) is 3.12. The van der Waals surface area contributed by atoms with Crippen LogP contribution in [0.3, 0.4) is 0 Å². The maximum absolute atomic E-state index is 13.9. The van der Waals surface area contributed by atoms with Gasteiger partial charge in [-0.3, -0.25) is 9.78 Å². The van der Waals surface area contributed by atoms with Crippen molar-refractivity contribution in [2.24, 2.45) is 0 Å². The van der Waals surface area contributed by atoms with Gasteiger partial charge >= 0.3 is 0 Å². The molecule has 0 bridgehead atoms. The summed E-state index contributed by atoms with van der Waals surface area (Å²) >= 11 is 0. The van der Waals surface area contributed by atoms with Crippen LogP contribution in [0.1, 0.15) is 21.7 Å². The number of pyridine rings is 1. The highest BCUT2D eigenvalue weighted by molar-refractivity contribution is 5.94. The van der Waals surface area contributed by atoms with E-state index in [1.807, 2.05) is 35.7 Å².